The number of carbonyl (C=O) groups excluding carboxylic acids is 1. The number of amides is 1. The predicted octanol–water partition coefficient (Wildman–Crippen LogP) is 2.97. The second kappa shape index (κ2) is 8.93. The molecule has 1 aliphatic heterocycles. The maximum absolute atomic E-state index is 12.5. The van der Waals surface area contributed by atoms with E-state index in [0.29, 0.717) is 42.8 Å². The molecular formula is C22H25ClN6O2. The van der Waals surface area contributed by atoms with Crippen LogP contribution in [0, 0.1) is 20.8 Å². The monoisotopic (exact) mass is 440 g/mol. The molecule has 1 amide bonds. The van der Waals surface area contributed by atoms with E-state index in [-0.39, 0.29) is 12.5 Å². The van der Waals surface area contributed by atoms with Crippen LogP contribution in [-0.2, 0) is 4.79 Å². The summed E-state index contributed by atoms with van der Waals surface area (Å²) < 4.78 is 7.56. The Bertz CT molecular complexity index is 1070. The van der Waals surface area contributed by atoms with Crippen LogP contribution in [-0.4, -0.2) is 63.1 Å². The molecule has 0 N–H and O–H groups in total. The summed E-state index contributed by atoms with van der Waals surface area (Å²) in [6.07, 6.45) is 1.79. The molecule has 9 heteroatoms. The SMILES string of the molecule is Cc1nc(N2CCN(C(=O)COc3ccc(Cl)cc3)CC2)cc(-n2cnc(C)c2C)n1. The van der Waals surface area contributed by atoms with E-state index in [0.717, 1.165) is 23.0 Å². The normalized spacial score (nSPS) is 14.1. The number of carbonyl (C=O) groups is 1. The van der Waals surface area contributed by atoms with Crippen molar-refractivity contribution in [2.45, 2.75) is 20.8 Å². The van der Waals surface area contributed by atoms with Gasteiger partial charge in [0.15, 0.2) is 6.61 Å². The molecule has 8 nitrogen and oxygen atoms in total. The Kier molecular flexibility index (Phi) is 6.08. The molecule has 31 heavy (non-hydrogen) atoms. The topological polar surface area (TPSA) is 76.4 Å². The average Bonchev–Trinajstić information content (AvgIpc) is 3.11. The Morgan fingerprint density at radius 1 is 1.03 bits per heavy atom. The lowest BCUT2D eigenvalue weighted by Crippen LogP contribution is -2.50. The second-order valence-corrected chi connectivity index (χ2v) is 7.96. The molecule has 1 aliphatic rings. The third-order valence-corrected chi connectivity index (χ3v) is 5.69. The molecule has 0 bridgehead atoms. The molecule has 4 rings (SSSR count). The zero-order valence-corrected chi connectivity index (χ0v) is 18.6. The quantitative estimate of drug-likeness (QED) is 0.607. The van der Waals surface area contributed by atoms with Crippen molar-refractivity contribution in [1.29, 1.82) is 0 Å². The average molecular weight is 441 g/mol. The van der Waals surface area contributed by atoms with E-state index in [4.69, 9.17) is 16.3 Å². The van der Waals surface area contributed by atoms with E-state index in [2.05, 4.69) is 19.9 Å². The van der Waals surface area contributed by atoms with Crippen molar-refractivity contribution < 1.29 is 9.53 Å². The number of ether oxygens (including phenoxy) is 1. The minimum atomic E-state index is -0.0290. The molecule has 0 aliphatic carbocycles. The second-order valence-electron chi connectivity index (χ2n) is 7.53. The number of halogens is 1. The highest BCUT2D eigenvalue weighted by atomic mass is 35.5. The molecule has 1 fully saturated rings. The van der Waals surface area contributed by atoms with Crippen LogP contribution in [0.4, 0.5) is 5.82 Å². The molecule has 0 saturated carbocycles. The van der Waals surface area contributed by atoms with E-state index in [1.807, 2.05) is 36.3 Å². The number of rotatable bonds is 5. The number of aryl methyl sites for hydroxylation is 2. The highest BCUT2D eigenvalue weighted by Crippen LogP contribution is 2.20. The van der Waals surface area contributed by atoms with Gasteiger partial charge in [-0.25, -0.2) is 15.0 Å². The van der Waals surface area contributed by atoms with Gasteiger partial charge < -0.3 is 14.5 Å². The smallest absolute Gasteiger partial charge is 0.260 e. The van der Waals surface area contributed by atoms with E-state index in [1.54, 1.807) is 30.6 Å². The highest BCUT2D eigenvalue weighted by molar-refractivity contribution is 6.30. The number of hydrogen-bond donors (Lipinski definition) is 0. The van der Waals surface area contributed by atoms with Gasteiger partial charge in [0.1, 0.15) is 29.5 Å². The minimum absolute atomic E-state index is 0.0116. The Hall–Kier alpha value is -3.13. The van der Waals surface area contributed by atoms with E-state index in [9.17, 15) is 4.79 Å². The first kappa shape index (κ1) is 21.1. The van der Waals surface area contributed by atoms with E-state index < -0.39 is 0 Å². The van der Waals surface area contributed by atoms with Gasteiger partial charge in [0.2, 0.25) is 0 Å². The fraction of sp³-hybridized carbons (Fsp3) is 0.364. The molecular weight excluding hydrogens is 416 g/mol. The van der Waals surface area contributed by atoms with Crippen LogP contribution >= 0.6 is 11.6 Å². The Balaban J connectivity index is 1.37. The van der Waals surface area contributed by atoms with Crippen molar-refractivity contribution in [2.24, 2.45) is 0 Å². The van der Waals surface area contributed by atoms with Gasteiger partial charge in [0, 0.05) is 43.0 Å². The minimum Gasteiger partial charge on any atom is -0.484 e. The van der Waals surface area contributed by atoms with Crippen molar-refractivity contribution in [3.8, 4) is 11.6 Å². The van der Waals surface area contributed by atoms with Gasteiger partial charge in [-0.1, -0.05) is 11.6 Å². The van der Waals surface area contributed by atoms with Gasteiger partial charge >= 0.3 is 0 Å². The van der Waals surface area contributed by atoms with Gasteiger partial charge in [0.25, 0.3) is 5.91 Å². The number of aromatic nitrogens is 4. The third kappa shape index (κ3) is 4.80. The molecule has 162 valence electrons. The standard InChI is InChI=1S/C22H25ClN6O2/c1-15-16(2)29(14-24-15)21-12-20(25-17(3)26-21)27-8-10-28(11-9-27)22(30)13-31-19-6-4-18(23)5-7-19/h4-7,12,14H,8-11,13H2,1-3H3. The summed E-state index contributed by atoms with van der Waals surface area (Å²) in [6.45, 7) is 8.53. The largest absolute Gasteiger partial charge is 0.484 e. The maximum atomic E-state index is 12.5. The molecule has 3 heterocycles. The fourth-order valence-electron chi connectivity index (χ4n) is 3.50. The van der Waals surface area contributed by atoms with Gasteiger partial charge in [0.05, 0.1) is 5.69 Å². The van der Waals surface area contributed by atoms with Gasteiger partial charge in [-0.15, -0.1) is 0 Å². The summed E-state index contributed by atoms with van der Waals surface area (Å²) >= 11 is 5.87. The lowest BCUT2D eigenvalue weighted by molar-refractivity contribution is -0.133. The third-order valence-electron chi connectivity index (χ3n) is 5.44. The van der Waals surface area contributed by atoms with Crippen molar-refractivity contribution >= 4 is 23.3 Å². The zero-order chi connectivity index (χ0) is 22.0. The zero-order valence-electron chi connectivity index (χ0n) is 17.9. The van der Waals surface area contributed by atoms with Crippen LogP contribution in [0.25, 0.3) is 5.82 Å². The molecule has 0 radical (unpaired) electrons. The first-order valence-electron chi connectivity index (χ1n) is 10.2. The lowest BCUT2D eigenvalue weighted by Gasteiger charge is -2.35. The summed E-state index contributed by atoms with van der Waals surface area (Å²) in [5, 5.41) is 0.635. The molecule has 0 unspecified atom stereocenters. The van der Waals surface area contributed by atoms with E-state index >= 15 is 0 Å². The molecule has 0 atom stereocenters. The Labute approximate surface area is 186 Å². The van der Waals surface area contributed by atoms with Crippen LogP contribution < -0.4 is 9.64 Å². The number of anilines is 1. The van der Waals surface area contributed by atoms with Crippen molar-refractivity contribution in [3.05, 3.63) is 58.9 Å². The highest BCUT2D eigenvalue weighted by Gasteiger charge is 2.23. The predicted molar refractivity (Wildman–Crippen MR) is 119 cm³/mol. The molecule has 0 spiro atoms. The van der Waals surface area contributed by atoms with Crippen molar-refractivity contribution in [2.75, 3.05) is 37.7 Å². The van der Waals surface area contributed by atoms with Crippen LogP contribution in [0.5, 0.6) is 5.75 Å². The number of hydrogen-bond acceptors (Lipinski definition) is 6. The fourth-order valence-corrected chi connectivity index (χ4v) is 3.63. The van der Waals surface area contributed by atoms with Crippen molar-refractivity contribution in [3.63, 3.8) is 0 Å². The maximum Gasteiger partial charge on any atom is 0.260 e. The Morgan fingerprint density at radius 2 is 1.71 bits per heavy atom. The lowest BCUT2D eigenvalue weighted by atomic mass is 10.3. The number of benzene rings is 1. The van der Waals surface area contributed by atoms with Gasteiger partial charge in [-0.2, -0.15) is 0 Å². The van der Waals surface area contributed by atoms with Gasteiger partial charge in [-0.05, 0) is 45.0 Å². The molecule has 2 aromatic heterocycles. The Morgan fingerprint density at radius 3 is 2.35 bits per heavy atom. The molecule has 1 saturated heterocycles. The number of nitrogens with zero attached hydrogens (tertiary/aromatic N) is 6. The summed E-state index contributed by atoms with van der Waals surface area (Å²) in [4.78, 5) is 30.1. The summed E-state index contributed by atoms with van der Waals surface area (Å²) in [5.74, 6) is 2.96. The van der Waals surface area contributed by atoms with Crippen LogP contribution in [0.15, 0.2) is 36.7 Å². The van der Waals surface area contributed by atoms with Gasteiger partial charge in [-0.3, -0.25) is 9.36 Å². The van der Waals surface area contributed by atoms with E-state index in [1.165, 1.54) is 0 Å². The summed E-state index contributed by atoms with van der Waals surface area (Å²) in [6, 6.07) is 8.97. The summed E-state index contributed by atoms with van der Waals surface area (Å²) in [5.41, 5.74) is 2.03. The molecule has 3 aromatic rings. The number of piperazine rings is 1. The first-order valence-corrected chi connectivity index (χ1v) is 10.6. The summed E-state index contributed by atoms with van der Waals surface area (Å²) in [7, 11) is 0. The number of imidazole rings is 1. The first-order chi connectivity index (χ1) is 14.9. The van der Waals surface area contributed by atoms with Crippen LogP contribution in [0.1, 0.15) is 17.2 Å². The van der Waals surface area contributed by atoms with Crippen LogP contribution in [0.2, 0.25) is 5.02 Å². The van der Waals surface area contributed by atoms with Crippen LogP contribution in [0.3, 0.4) is 0 Å². The van der Waals surface area contributed by atoms with Crippen molar-refractivity contribution in [1.82, 2.24) is 24.4 Å². The molecule has 1 aromatic carbocycles.